The van der Waals surface area contributed by atoms with Gasteiger partial charge in [0.05, 0.1) is 11.8 Å². The minimum atomic E-state index is -0.816. The van der Waals surface area contributed by atoms with Crippen molar-refractivity contribution < 1.29 is 14.4 Å². The van der Waals surface area contributed by atoms with Crippen molar-refractivity contribution in [3.8, 4) is 0 Å². The van der Waals surface area contributed by atoms with E-state index in [2.05, 4.69) is 21.2 Å². The van der Waals surface area contributed by atoms with Crippen molar-refractivity contribution in [2.45, 2.75) is 25.8 Å². The summed E-state index contributed by atoms with van der Waals surface area (Å²) in [5, 5.41) is 2.75. The number of rotatable bonds is 3. The van der Waals surface area contributed by atoms with Crippen LogP contribution in [0.15, 0.2) is 40.9 Å². The molecule has 3 rings (SSSR count). The van der Waals surface area contributed by atoms with Gasteiger partial charge in [-0.2, -0.15) is 0 Å². The molecule has 0 radical (unpaired) electrons. The van der Waals surface area contributed by atoms with Gasteiger partial charge in [-0.3, -0.25) is 19.3 Å². The Morgan fingerprint density at radius 3 is 2.17 bits per heavy atom. The number of fused-ring (bicyclic) bond motifs is 1. The molecular weight excluding hydrogens is 360 g/mol. The Labute approximate surface area is 142 Å². The maximum atomic E-state index is 12.5. The van der Waals surface area contributed by atoms with E-state index >= 15 is 0 Å². The standard InChI is InChI=1S/C17H17BrN2O3/c1-10(15(21)19-12-8-6-11(18)7-9-12)20-16(22)13-4-2-3-5-14(13)17(20)23/h2-3,6-10,13-14H,4-5H2,1H3,(H,19,21)/t10-,13-,14-/m0/s1. The number of hydrogen-bond acceptors (Lipinski definition) is 3. The lowest BCUT2D eigenvalue weighted by molar-refractivity contribution is -0.146. The Hall–Kier alpha value is -1.95. The van der Waals surface area contributed by atoms with Crippen LogP contribution in [0.5, 0.6) is 0 Å². The summed E-state index contributed by atoms with van der Waals surface area (Å²) >= 11 is 3.33. The maximum absolute atomic E-state index is 12.5. The van der Waals surface area contributed by atoms with E-state index in [0.717, 1.165) is 9.37 Å². The Morgan fingerprint density at radius 2 is 1.65 bits per heavy atom. The summed E-state index contributed by atoms with van der Waals surface area (Å²) in [6.07, 6.45) is 5.02. The molecule has 1 heterocycles. The minimum absolute atomic E-state index is 0.234. The second-order valence-corrected chi connectivity index (χ2v) is 6.79. The van der Waals surface area contributed by atoms with E-state index in [0.29, 0.717) is 18.5 Å². The van der Waals surface area contributed by atoms with E-state index in [1.54, 1.807) is 19.1 Å². The molecule has 1 fully saturated rings. The molecule has 1 aliphatic heterocycles. The second kappa shape index (κ2) is 6.28. The number of hydrogen-bond donors (Lipinski definition) is 1. The van der Waals surface area contributed by atoms with Gasteiger partial charge in [0, 0.05) is 10.2 Å². The molecule has 0 saturated carbocycles. The highest BCUT2D eigenvalue weighted by Crippen LogP contribution is 2.36. The molecule has 0 spiro atoms. The summed E-state index contributed by atoms with van der Waals surface area (Å²) in [6.45, 7) is 1.59. The number of anilines is 1. The van der Waals surface area contributed by atoms with E-state index in [1.165, 1.54) is 0 Å². The number of likely N-dealkylation sites (tertiary alicyclic amines) is 1. The zero-order valence-corrected chi connectivity index (χ0v) is 14.2. The molecule has 1 aromatic carbocycles. The molecule has 5 nitrogen and oxygen atoms in total. The first kappa shape index (κ1) is 15.9. The lowest BCUT2D eigenvalue weighted by Gasteiger charge is -2.22. The van der Waals surface area contributed by atoms with Crippen molar-refractivity contribution in [2.24, 2.45) is 11.8 Å². The van der Waals surface area contributed by atoms with E-state index in [9.17, 15) is 14.4 Å². The van der Waals surface area contributed by atoms with Crippen LogP contribution in [0, 0.1) is 11.8 Å². The number of allylic oxidation sites excluding steroid dienone is 2. The van der Waals surface area contributed by atoms with Gasteiger partial charge in [0.15, 0.2) is 0 Å². The number of carbonyl (C=O) groups is 3. The lowest BCUT2D eigenvalue weighted by Crippen LogP contribution is -2.46. The third-order valence-corrected chi connectivity index (χ3v) is 4.95. The highest BCUT2D eigenvalue weighted by molar-refractivity contribution is 9.10. The molecule has 3 amide bonds. The Kier molecular flexibility index (Phi) is 4.35. The molecule has 2 aliphatic rings. The lowest BCUT2D eigenvalue weighted by atomic mass is 9.85. The number of nitrogens with one attached hydrogen (secondary N) is 1. The van der Waals surface area contributed by atoms with Crippen molar-refractivity contribution in [3.63, 3.8) is 0 Å². The first-order chi connectivity index (χ1) is 11.0. The SMILES string of the molecule is C[C@@H](C(=O)Nc1ccc(Br)cc1)N1C(=O)[C@H]2CC=CC[C@@H]2C1=O. The highest BCUT2D eigenvalue weighted by atomic mass is 79.9. The van der Waals surface area contributed by atoms with Crippen molar-refractivity contribution in [1.29, 1.82) is 0 Å². The molecule has 0 unspecified atom stereocenters. The van der Waals surface area contributed by atoms with Crippen LogP contribution in [0.1, 0.15) is 19.8 Å². The monoisotopic (exact) mass is 376 g/mol. The largest absolute Gasteiger partial charge is 0.324 e. The van der Waals surface area contributed by atoms with Gasteiger partial charge in [0.1, 0.15) is 6.04 Å². The molecule has 1 aromatic rings. The first-order valence-corrected chi connectivity index (χ1v) is 8.36. The average molecular weight is 377 g/mol. The van der Waals surface area contributed by atoms with Crippen molar-refractivity contribution in [1.82, 2.24) is 4.90 Å². The molecule has 23 heavy (non-hydrogen) atoms. The van der Waals surface area contributed by atoms with Crippen molar-refractivity contribution in [3.05, 3.63) is 40.9 Å². The minimum Gasteiger partial charge on any atom is -0.324 e. The number of carbonyl (C=O) groups excluding carboxylic acids is 3. The molecule has 3 atom stereocenters. The van der Waals surface area contributed by atoms with Crippen LogP contribution >= 0.6 is 15.9 Å². The Bertz CT molecular complexity index is 658. The second-order valence-electron chi connectivity index (χ2n) is 5.87. The number of halogens is 1. The predicted octanol–water partition coefficient (Wildman–Crippen LogP) is 2.73. The van der Waals surface area contributed by atoms with E-state index < -0.39 is 6.04 Å². The predicted molar refractivity (Wildman–Crippen MR) is 89.4 cm³/mol. The smallest absolute Gasteiger partial charge is 0.247 e. The van der Waals surface area contributed by atoms with Crippen LogP contribution in [0.3, 0.4) is 0 Å². The van der Waals surface area contributed by atoms with Gasteiger partial charge >= 0.3 is 0 Å². The quantitative estimate of drug-likeness (QED) is 0.651. The first-order valence-electron chi connectivity index (χ1n) is 7.57. The van der Waals surface area contributed by atoms with Crippen LogP contribution in [0.2, 0.25) is 0 Å². The number of nitrogens with zero attached hydrogens (tertiary/aromatic N) is 1. The Balaban J connectivity index is 1.73. The Morgan fingerprint density at radius 1 is 1.13 bits per heavy atom. The van der Waals surface area contributed by atoms with E-state index in [-0.39, 0.29) is 29.6 Å². The van der Waals surface area contributed by atoms with Gasteiger partial charge < -0.3 is 5.32 Å². The van der Waals surface area contributed by atoms with Crippen LogP contribution in [-0.2, 0) is 14.4 Å². The third-order valence-electron chi connectivity index (χ3n) is 4.42. The van der Waals surface area contributed by atoms with Gasteiger partial charge in [0.2, 0.25) is 17.7 Å². The fraction of sp³-hybridized carbons (Fsp3) is 0.353. The zero-order valence-electron chi connectivity index (χ0n) is 12.7. The molecule has 0 bridgehead atoms. The summed E-state index contributed by atoms with van der Waals surface area (Å²) in [4.78, 5) is 38.5. The molecular formula is C17H17BrN2O3. The van der Waals surface area contributed by atoms with Gasteiger partial charge in [-0.15, -0.1) is 0 Å². The van der Waals surface area contributed by atoms with Crippen molar-refractivity contribution in [2.75, 3.05) is 5.32 Å². The van der Waals surface area contributed by atoms with Crippen LogP contribution < -0.4 is 5.32 Å². The number of amides is 3. The normalized spacial score (nSPS) is 24.5. The molecule has 1 N–H and O–H groups in total. The summed E-state index contributed by atoms with van der Waals surface area (Å²) in [5.74, 6) is -1.45. The summed E-state index contributed by atoms with van der Waals surface area (Å²) in [7, 11) is 0. The summed E-state index contributed by atoms with van der Waals surface area (Å²) < 4.78 is 0.907. The van der Waals surface area contributed by atoms with Gasteiger partial charge in [-0.1, -0.05) is 28.1 Å². The number of imide groups is 1. The summed E-state index contributed by atoms with van der Waals surface area (Å²) in [6, 6.07) is 6.32. The topological polar surface area (TPSA) is 66.5 Å². The van der Waals surface area contributed by atoms with Gasteiger partial charge in [0.25, 0.3) is 0 Å². The van der Waals surface area contributed by atoms with Crippen LogP contribution in [0.25, 0.3) is 0 Å². The van der Waals surface area contributed by atoms with E-state index in [1.807, 2.05) is 24.3 Å². The van der Waals surface area contributed by atoms with Crippen molar-refractivity contribution >= 4 is 39.3 Å². The molecule has 1 saturated heterocycles. The molecule has 0 aromatic heterocycles. The third kappa shape index (κ3) is 2.95. The molecule has 1 aliphatic carbocycles. The summed E-state index contributed by atoms with van der Waals surface area (Å²) in [5.41, 5.74) is 0.628. The van der Waals surface area contributed by atoms with Crippen LogP contribution in [-0.4, -0.2) is 28.7 Å². The zero-order chi connectivity index (χ0) is 16.6. The van der Waals surface area contributed by atoms with Gasteiger partial charge in [-0.25, -0.2) is 0 Å². The molecule has 6 heteroatoms. The fourth-order valence-corrected chi connectivity index (χ4v) is 3.37. The fourth-order valence-electron chi connectivity index (χ4n) is 3.10. The van der Waals surface area contributed by atoms with Gasteiger partial charge in [-0.05, 0) is 44.0 Å². The number of benzene rings is 1. The van der Waals surface area contributed by atoms with Crippen LogP contribution in [0.4, 0.5) is 5.69 Å². The maximum Gasteiger partial charge on any atom is 0.247 e. The highest BCUT2D eigenvalue weighted by Gasteiger charge is 2.50. The van der Waals surface area contributed by atoms with E-state index in [4.69, 9.17) is 0 Å². The average Bonchev–Trinajstić information content (AvgIpc) is 2.81. The molecule has 120 valence electrons.